The third kappa shape index (κ3) is 3.32. The van der Waals surface area contributed by atoms with Crippen molar-refractivity contribution in [2.75, 3.05) is 50.8 Å². The summed E-state index contributed by atoms with van der Waals surface area (Å²) in [6, 6.07) is 0. The lowest BCUT2D eigenvalue weighted by molar-refractivity contribution is -0.135. The number of ether oxygens (including phenoxy) is 1. The van der Waals surface area contributed by atoms with Gasteiger partial charge in [-0.1, -0.05) is 0 Å². The van der Waals surface area contributed by atoms with Gasteiger partial charge >= 0.3 is 0 Å². The normalized spacial score (nSPS) is 36.7. The minimum absolute atomic E-state index is 0.0344. The highest BCUT2D eigenvalue weighted by atomic mass is 32.2. The molecule has 2 unspecified atom stereocenters. The molecule has 3 rings (SSSR count). The first-order valence-corrected chi connectivity index (χ1v) is 8.60. The van der Waals surface area contributed by atoms with Crippen LogP contribution in [0.1, 0.15) is 19.3 Å². The van der Waals surface area contributed by atoms with Gasteiger partial charge in [-0.15, -0.1) is 0 Å². The number of nitrogens with one attached hydrogen (secondary N) is 1. The van der Waals surface area contributed by atoms with Crippen LogP contribution in [0.15, 0.2) is 0 Å². The minimum Gasteiger partial charge on any atom is -0.374 e. The van der Waals surface area contributed by atoms with Crippen LogP contribution in [0.2, 0.25) is 0 Å². The highest BCUT2D eigenvalue weighted by Gasteiger charge is 2.42. The lowest BCUT2D eigenvalue weighted by Gasteiger charge is -2.38. The number of ketones is 1. The average Bonchev–Trinajstić information content (AvgIpc) is 2.88. The Morgan fingerprint density at radius 3 is 3.00 bits per heavy atom. The molecule has 5 heteroatoms. The van der Waals surface area contributed by atoms with Crippen molar-refractivity contribution < 1.29 is 9.53 Å². The topological polar surface area (TPSA) is 41.6 Å². The molecule has 3 heterocycles. The van der Waals surface area contributed by atoms with Crippen molar-refractivity contribution in [3.8, 4) is 0 Å². The van der Waals surface area contributed by atoms with Crippen molar-refractivity contribution >= 4 is 17.5 Å². The third-order valence-corrected chi connectivity index (χ3v) is 5.83. The van der Waals surface area contributed by atoms with E-state index in [1.165, 1.54) is 5.75 Å². The molecule has 0 bridgehead atoms. The summed E-state index contributed by atoms with van der Waals surface area (Å²) < 4.78 is 6.00. The molecule has 0 aliphatic carbocycles. The maximum absolute atomic E-state index is 12.5. The number of piperazine rings is 1. The van der Waals surface area contributed by atoms with E-state index in [4.69, 9.17) is 4.74 Å². The standard InChI is InChI=1S/C14H24N2O2S/c17-13(10-16-5-3-15-4-6-16)12-1-7-18-14(9-12)2-8-19-11-14/h12,15H,1-11H2. The van der Waals surface area contributed by atoms with Crippen molar-refractivity contribution in [2.24, 2.45) is 5.92 Å². The van der Waals surface area contributed by atoms with Crippen molar-refractivity contribution in [3.05, 3.63) is 0 Å². The monoisotopic (exact) mass is 284 g/mol. The Balaban J connectivity index is 1.54. The quantitative estimate of drug-likeness (QED) is 0.829. The van der Waals surface area contributed by atoms with Gasteiger partial charge in [0.05, 0.1) is 12.1 Å². The second kappa shape index (κ2) is 6.12. The van der Waals surface area contributed by atoms with Crippen molar-refractivity contribution in [1.82, 2.24) is 10.2 Å². The first-order chi connectivity index (χ1) is 9.27. The molecule has 0 radical (unpaired) electrons. The van der Waals surface area contributed by atoms with Crippen LogP contribution in [-0.2, 0) is 9.53 Å². The van der Waals surface area contributed by atoms with E-state index in [-0.39, 0.29) is 11.5 Å². The molecule has 1 spiro atoms. The number of hydrogen-bond acceptors (Lipinski definition) is 5. The fourth-order valence-electron chi connectivity index (χ4n) is 3.38. The van der Waals surface area contributed by atoms with Gasteiger partial charge in [-0.25, -0.2) is 0 Å². The van der Waals surface area contributed by atoms with Crippen LogP contribution in [0, 0.1) is 5.92 Å². The maximum atomic E-state index is 12.5. The lowest BCUT2D eigenvalue weighted by Crippen LogP contribution is -2.48. The van der Waals surface area contributed by atoms with Gasteiger partial charge in [-0.05, 0) is 25.0 Å². The van der Waals surface area contributed by atoms with Gasteiger partial charge in [-0.2, -0.15) is 11.8 Å². The number of carbonyl (C=O) groups excluding carboxylic acids is 1. The Morgan fingerprint density at radius 1 is 1.42 bits per heavy atom. The molecule has 0 aromatic heterocycles. The molecule has 19 heavy (non-hydrogen) atoms. The second-order valence-corrected chi connectivity index (χ2v) is 7.12. The fourth-order valence-corrected chi connectivity index (χ4v) is 4.76. The first-order valence-electron chi connectivity index (χ1n) is 7.45. The minimum atomic E-state index is 0.0344. The molecule has 3 aliphatic heterocycles. The lowest BCUT2D eigenvalue weighted by atomic mass is 9.83. The van der Waals surface area contributed by atoms with Crippen LogP contribution in [0.25, 0.3) is 0 Å². The SMILES string of the molecule is O=C(CN1CCNCC1)C1CCOC2(CCSC2)C1. The fraction of sp³-hybridized carbons (Fsp3) is 0.929. The highest BCUT2D eigenvalue weighted by molar-refractivity contribution is 7.99. The number of Topliss-reactive ketones (excluding diaryl/α,β-unsaturated/α-hetero) is 1. The Morgan fingerprint density at radius 2 is 2.26 bits per heavy atom. The smallest absolute Gasteiger partial charge is 0.150 e. The maximum Gasteiger partial charge on any atom is 0.150 e. The van der Waals surface area contributed by atoms with Gasteiger partial charge in [-0.3, -0.25) is 9.69 Å². The van der Waals surface area contributed by atoms with Gasteiger partial charge in [0.25, 0.3) is 0 Å². The molecule has 3 saturated heterocycles. The molecule has 3 aliphatic rings. The van der Waals surface area contributed by atoms with Crippen LogP contribution in [0.3, 0.4) is 0 Å². The van der Waals surface area contributed by atoms with E-state index in [1.54, 1.807) is 0 Å². The summed E-state index contributed by atoms with van der Waals surface area (Å²) in [5, 5.41) is 3.33. The molecule has 1 N–H and O–H groups in total. The molecule has 108 valence electrons. The third-order valence-electron chi connectivity index (χ3n) is 4.60. The molecule has 0 amide bonds. The highest BCUT2D eigenvalue weighted by Crippen LogP contribution is 2.40. The van der Waals surface area contributed by atoms with E-state index in [0.717, 1.165) is 57.8 Å². The predicted molar refractivity (Wildman–Crippen MR) is 77.7 cm³/mol. The zero-order chi connectivity index (χ0) is 13.1. The molecule has 0 saturated carbocycles. The number of rotatable bonds is 3. The zero-order valence-electron chi connectivity index (χ0n) is 11.5. The van der Waals surface area contributed by atoms with Gasteiger partial charge in [0.1, 0.15) is 5.78 Å². The zero-order valence-corrected chi connectivity index (χ0v) is 12.3. The summed E-state index contributed by atoms with van der Waals surface area (Å²) in [5.74, 6) is 2.96. The van der Waals surface area contributed by atoms with Gasteiger partial charge in [0.2, 0.25) is 0 Å². The van der Waals surface area contributed by atoms with Crippen LogP contribution in [0.5, 0.6) is 0 Å². The molecule has 3 fully saturated rings. The van der Waals surface area contributed by atoms with Crippen molar-refractivity contribution in [2.45, 2.75) is 24.9 Å². The Labute approximate surface area is 119 Å². The largest absolute Gasteiger partial charge is 0.374 e. The first kappa shape index (κ1) is 13.9. The summed E-state index contributed by atoms with van der Waals surface area (Å²) in [4.78, 5) is 14.8. The Bertz CT molecular complexity index is 325. The molecule has 0 aromatic carbocycles. The summed E-state index contributed by atoms with van der Waals surface area (Å²) >= 11 is 1.97. The number of hydrogen-bond donors (Lipinski definition) is 1. The molecule has 4 nitrogen and oxygen atoms in total. The van der Waals surface area contributed by atoms with Crippen molar-refractivity contribution in [3.63, 3.8) is 0 Å². The van der Waals surface area contributed by atoms with Crippen LogP contribution in [-0.4, -0.2) is 67.1 Å². The summed E-state index contributed by atoms with van der Waals surface area (Å²) in [7, 11) is 0. The van der Waals surface area contributed by atoms with Crippen LogP contribution in [0.4, 0.5) is 0 Å². The van der Waals surface area contributed by atoms with Gasteiger partial charge < -0.3 is 10.1 Å². The molecular formula is C14H24N2O2S. The van der Waals surface area contributed by atoms with E-state index in [0.29, 0.717) is 12.3 Å². The average molecular weight is 284 g/mol. The number of nitrogens with zero attached hydrogens (tertiary/aromatic N) is 1. The van der Waals surface area contributed by atoms with E-state index in [1.807, 2.05) is 11.8 Å². The van der Waals surface area contributed by atoms with E-state index in [2.05, 4.69) is 10.2 Å². The van der Waals surface area contributed by atoms with Crippen LogP contribution >= 0.6 is 11.8 Å². The van der Waals surface area contributed by atoms with Gasteiger partial charge in [0, 0.05) is 44.5 Å². The van der Waals surface area contributed by atoms with Crippen LogP contribution < -0.4 is 5.32 Å². The van der Waals surface area contributed by atoms with E-state index >= 15 is 0 Å². The van der Waals surface area contributed by atoms with E-state index < -0.39 is 0 Å². The van der Waals surface area contributed by atoms with E-state index in [9.17, 15) is 4.79 Å². The molecular weight excluding hydrogens is 260 g/mol. The van der Waals surface area contributed by atoms with Gasteiger partial charge in [0.15, 0.2) is 0 Å². The summed E-state index contributed by atoms with van der Waals surface area (Å²) in [6.45, 7) is 5.48. The second-order valence-electron chi connectivity index (χ2n) is 6.02. The molecule has 0 aromatic rings. The Kier molecular flexibility index (Phi) is 4.47. The number of thioether (sulfide) groups is 1. The summed E-state index contributed by atoms with van der Waals surface area (Å²) in [5.41, 5.74) is 0.0344. The summed E-state index contributed by atoms with van der Waals surface area (Å²) in [6.07, 6.45) is 3.03. The Hall–Kier alpha value is -0.100. The number of carbonyl (C=O) groups is 1. The predicted octanol–water partition coefficient (Wildman–Crippen LogP) is 0.763. The molecule has 2 atom stereocenters. The van der Waals surface area contributed by atoms with Crippen molar-refractivity contribution in [1.29, 1.82) is 0 Å².